The van der Waals surface area contributed by atoms with Gasteiger partial charge in [0.2, 0.25) is 0 Å². The molecule has 1 aromatic heterocycles. The van der Waals surface area contributed by atoms with Gasteiger partial charge in [-0.2, -0.15) is 0 Å². The van der Waals surface area contributed by atoms with E-state index in [1.807, 2.05) is 32.3 Å². The van der Waals surface area contributed by atoms with E-state index in [2.05, 4.69) is 25.8 Å². The van der Waals surface area contributed by atoms with Gasteiger partial charge in [-0.1, -0.05) is 0 Å². The molecule has 0 aliphatic carbocycles. The molecule has 0 aliphatic rings. The SMILES string of the molecule is CN(C)CCOc1ccc(N)c2cc(Br)cnc12. The van der Waals surface area contributed by atoms with Gasteiger partial charge in [-0.15, -0.1) is 0 Å². The lowest BCUT2D eigenvalue weighted by Crippen LogP contribution is -2.19. The summed E-state index contributed by atoms with van der Waals surface area (Å²) in [6.45, 7) is 1.49. The molecule has 1 aromatic carbocycles. The van der Waals surface area contributed by atoms with Crippen LogP contribution in [0, 0.1) is 0 Å². The van der Waals surface area contributed by atoms with Gasteiger partial charge in [0.05, 0.1) is 0 Å². The number of hydrogen-bond donors (Lipinski definition) is 1. The molecule has 0 aliphatic heterocycles. The van der Waals surface area contributed by atoms with Crippen molar-refractivity contribution in [2.45, 2.75) is 0 Å². The van der Waals surface area contributed by atoms with Crippen LogP contribution in [0.2, 0.25) is 0 Å². The number of nitrogens with two attached hydrogens (primary N) is 1. The topological polar surface area (TPSA) is 51.4 Å². The number of anilines is 1. The molecule has 0 saturated heterocycles. The van der Waals surface area contributed by atoms with Crippen molar-refractivity contribution >= 4 is 32.5 Å². The Morgan fingerprint density at radius 3 is 2.89 bits per heavy atom. The molecule has 2 N–H and O–H groups in total. The fourth-order valence-electron chi connectivity index (χ4n) is 1.64. The maximum absolute atomic E-state index is 5.95. The average Bonchev–Trinajstić information content (AvgIpc) is 2.32. The number of rotatable bonds is 4. The zero-order chi connectivity index (χ0) is 13.1. The fourth-order valence-corrected chi connectivity index (χ4v) is 1.98. The number of hydrogen-bond acceptors (Lipinski definition) is 4. The normalized spacial score (nSPS) is 11.1. The summed E-state index contributed by atoms with van der Waals surface area (Å²) in [5.74, 6) is 0.772. The van der Waals surface area contributed by atoms with Crippen LogP contribution >= 0.6 is 15.9 Å². The molecule has 0 saturated carbocycles. The van der Waals surface area contributed by atoms with Gasteiger partial charge in [0.25, 0.3) is 0 Å². The van der Waals surface area contributed by atoms with Crippen LogP contribution in [0.4, 0.5) is 5.69 Å². The number of ether oxygens (including phenoxy) is 1. The summed E-state index contributed by atoms with van der Waals surface area (Å²) in [6, 6.07) is 5.67. The third-order valence-corrected chi connectivity index (χ3v) is 3.04. The van der Waals surface area contributed by atoms with Crippen molar-refractivity contribution < 1.29 is 4.74 Å². The first-order valence-corrected chi connectivity index (χ1v) is 6.48. The van der Waals surface area contributed by atoms with Gasteiger partial charge in [-0.25, -0.2) is 0 Å². The maximum atomic E-state index is 5.95. The summed E-state index contributed by atoms with van der Waals surface area (Å²) in [4.78, 5) is 6.45. The molecule has 1 heterocycles. The molecular weight excluding hydrogens is 294 g/mol. The van der Waals surface area contributed by atoms with E-state index in [-0.39, 0.29) is 0 Å². The standard InChI is InChI=1S/C13H16BrN3O/c1-17(2)5-6-18-12-4-3-11(15)10-7-9(14)8-16-13(10)12/h3-4,7-8H,5-6,15H2,1-2H3. The summed E-state index contributed by atoms with van der Waals surface area (Å²) >= 11 is 3.40. The molecule has 96 valence electrons. The van der Waals surface area contributed by atoms with Crippen LogP contribution in [0.3, 0.4) is 0 Å². The number of aromatic nitrogens is 1. The van der Waals surface area contributed by atoms with E-state index in [1.165, 1.54) is 0 Å². The van der Waals surface area contributed by atoms with Crippen LogP contribution in [0.1, 0.15) is 0 Å². The van der Waals surface area contributed by atoms with Crippen LogP contribution in [-0.2, 0) is 0 Å². The molecule has 4 nitrogen and oxygen atoms in total. The Morgan fingerprint density at radius 2 is 2.17 bits per heavy atom. The highest BCUT2D eigenvalue weighted by atomic mass is 79.9. The van der Waals surface area contributed by atoms with Crippen molar-refractivity contribution in [2.75, 3.05) is 33.0 Å². The zero-order valence-electron chi connectivity index (χ0n) is 10.5. The first-order chi connectivity index (χ1) is 8.58. The highest BCUT2D eigenvalue weighted by Gasteiger charge is 2.07. The van der Waals surface area contributed by atoms with E-state index in [9.17, 15) is 0 Å². The number of fused-ring (bicyclic) bond motifs is 1. The van der Waals surface area contributed by atoms with Crippen molar-refractivity contribution in [3.05, 3.63) is 28.9 Å². The van der Waals surface area contributed by atoms with E-state index in [0.29, 0.717) is 12.3 Å². The Labute approximate surface area is 115 Å². The van der Waals surface area contributed by atoms with Crippen LogP contribution in [0.25, 0.3) is 10.9 Å². The van der Waals surface area contributed by atoms with Crippen molar-refractivity contribution in [3.8, 4) is 5.75 Å². The molecule has 2 aromatic rings. The Balaban J connectivity index is 2.31. The average molecular weight is 310 g/mol. The smallest absolute Gasteiger partial charge is 0.145 e. The molecule has 0 radical (unpaired) electrons. The lowest BCUT2D eigenvalue weighted by Gasteiger charge is -2.13. The number of pyridine rings is 1. The predicted octanol–water partition coefficient (Wildman–Crippen LogP) is 2.52. The van der Waals surface area contributed by atoms with Gasteiger partial charge in [0, 0.05) is 28.3 Å². The second-order valence-electron chi connectivity index (χ2n) is 4.35. The lowest BCUT2D eigenvalue weighted by molar-refractivity contribution is 0.263. The molecule has 2 rings (SSSR count). The van der Waals surface area contributed by atoms with E-state index in [4.69, 9.17) is 10.5 Å². The summed E-state index contributed by atoms with van der Waals surface area (Å²) in [6.07, 6.45) is 1.75. The van der Waals surface area contributed by atoms with Gasteiger partial charge in [0.15, 0.2) is 0 Å². The maximum Gasteiger partial charge on any atom is 0.145 e. The summed E-state index contributed by atoms with van der Waals surface area (Å²) in [5, 5.41) is 0.909. The Hall–Kier alpha value is -1.33. The zero-order valence-corrected chi connectivity index (χ0v) is 12.1. The van der Waals surface area contributed by atoms with Crippen LogP contribution in [0.5, 0.6) is 5.75 Å². The van der Waals surface area contributed by atoms with Crippen LogP contribution in [-0.4, -0.2) is 37.1 Å². The minimum absolute atomic E-state index is 0.629. The van der Waals surface area contributed by atoms with E-state index >= 15 is 0 Å². The highest BCUT2D eigenvalue weighted by Crippen LogP contribution is 2.30. The van der Waals surface area contributed by atoms with Crippen LogP contribution in [0.15, 0.2) is 28.9 Å². The van der Waals surface area contributed by atoms with E-state index < -0.39 is 0 Å². The van der Waals surface area contributed by atoms with Gasteiger partial charge < -0.3 is 15.4 Å². The first-order valence-electron chi connectivity index (χ1n) is 5.69. The van der Waals surface area contributed by atoms with Crippen molar-refractivity contribution in [3.63, 3.8) is 0 Å². The van der Waals surface area contributed by atoms with Crippen molar-refractivity contribution in [2.24, 2.45) is 0 Å². The molecule has 5 heteroatoms. The summed E-state index contributed by atoms with van der Waals surface area (Å²) < 4.78 is 6.66. The minimum atomic E-state index is 0.629. The number of nitrogens with zero attached hydrogens (tertiary/aromatic N) is 2. The largest absolute Gasteiger partial charge is 0.490 e. The second kappa shape index (κ2) is 5.54. The molecule has 0 amide bonds. The van der Waals surface area contributed by atoms with Crippen molar-refractivity contribution in [1.82, 2.24) is 9.88 Å². The number of halogens is 1. The van der Waals surface area contributed by atoms with Crippen LogP contribution < -0.4 is 10.5 Å². The molecule has 18 heavy (non-hydrogen) atoms. The van der Waals surface area contributed by atoms with E-state index in [0.717, 1.165) is 27.7 Å². The Kier molecular flexibility index (Phi) is 4.04. The van der Waals surface area contributed by atoms with Crippen molar-refractivity contribution in [1.29, 1.82) is 0 Å². The molecule has 0 unspecified atom stereocenters. The summed E-state index contributed by atoms with van der Waals surface area (Å²) in [5.41, 5.74) is 7.46. The van der Waals surface area contributed by atoms with Gasteiger partial charge in [-0.05, 0) is 48.2 Å². The molecule has 0 atom stereocenters. The third kappa shape index (κ3) is 2.91. The fraction of sp³-hybridized carbons (Fsp3) is 0.308. The Morgan fingerprint density at radius 1 is 1.39 bits per heavy atom. The molecule has 0 fully saturated rings. The highest BCUT2D eigenvalue weighted by molar-refractivity contribution is 9.10. The van der Waals surface area contributed by atoms with Gasteiger partial charge in [-0.3, -0.25) is 4.98 Å². The first kappa shape index (κ1) is 13.1. The quantitative estimate of drug-likeness (QED) is 0.882. The van der Waals surface area contributed by atoms with E-state index in [1.54, 1.807) is 6.20 Å². The van der Waals surface area contributed by atoms with Gasteiger partial charge >= 0.3 is 0 Å². The molecule has 0 spiro atoms. The minimum Gasteiger partial charge on any atom is -0.490 e. The predicted molar refractivity (Wildman–Crippen MR) is 77.9 cm³/mol. The lowest BCUT2D eigenvalue weighted by atomic mass is 10.2. The second-order valence-corrected chi connectivity index (χ2v) is 5.27. The van der Waals surface area contributed by atoms with Gasteiger partial charge in [0.1, 0.15) is 17.9 Å². The number of nitrogen functional groups attached to an aromatic ring is 1. The Bertz CT molecular complexity index is 557. The molecular formula is C13H16BrN3O. The third-order valence-electron chi connectivity index (χ3n) is 2.61. The molecule has 0 bridgehead atoms. The monoisotopic (exact) mass is 309 g/mol. The number of benzene rings is 1. The summed E-state index contributed by atoms with van der Waals surface area (Å²) in [7, 11) is 4.03. The number of likely N-dealkylation sites (N-methyl/N-ethyl adjacent to an activating group) is 1.